The highest BCUT2D eigenvalue weighted by molar-refractivity contribution is 5.54. The van der Waals surface area contributed by atoms with Crippen LogP contribution in [0.1, 0.15) is 17.5 Å². The first kappa shape index (κ1) is 19.6. The van der Waals surface area contributed by atoms with Crippen molar-refractivity contribution in [1.82, 2.24) is 9.88 Å². The second-order valence-corrected chi connectivity index (χ2v) is 5.81. The summed E-state index contributed by atoms with van der Waals surface area (Å²) in [5, 5.41) is 11.5. The van der Waals surface area contributed by atoms with Crippen molar-refractivity contribution < 1.29 is 14.4 Å². The summed E-state index contributed by atoms with van der Waals surface area (Å²) in [6, 6.07) is 6.91. The van der Waals surface area contributed by atoms with Crippen LogP contribution in [0.4, 0.5) is 5.69 Å². The van der Waals surface area contributed by atoms with Gasteiger partial charge in [-0.3, -0.25) is 20.0 Å². The van der Waals surface area contributed by atoms with Crippen LogP contribution in [0, 0.1) is 10.1 Å². The average Bonchev–Trinajstić information content (AvgIpc) is 2.66. The van der Waals surface area contributed by atoms with E-state index in [1.54, 1.807) is 18.5 Å². The molecule has 0 aliphatic heterocycles. The smallest absolute Gasteiger partial charge is 0.277 e. The fourth-order valence-electron chi connectivity index (χ4n) is 2.73. The molecule has 2 rings (SSSR count). The van der Waals surface area contributed by atoms with Gasteiger partial charge in [0.2, 0.25) is 0 Å². The van der Waals surface area contributed by atoms with Crippen LogP contribution in [-0.4, -0.2) is 42.1 Å². The number of methoxy groups -OCH3 is 2. The molecule has 0 amide bonds. The summed E-state index contributed by atoms with van der Waals surface area (Å²) in [5.74, 6) is 0.803. The molecule has 0 bridgehead atoms. The van der Waals surface area contributed by atoms with Crippen molar-refractivity contribution in [2.75, 3.05) is 27.3 Å². The molecule has 0 radical (unpaired) electrons. The summed E-state index contributed by atoms with van der Waals surface area (Å²) in [4.78, 5) is 17.3. The van der Waals surface area contributed by atoms with E-state index in [1.807, 2.05) is 12.1 Å². The largest absolute Gasteiger partial charge is 0.493 e. The Hall–Kier alpha value is -2.71. The first-order valence-electron chi connectivity index (χ1n) is 8.29. The van der Waals surface area contributed by atoms with Gasteiger partial charge in [0, 0.05) is 37.6 Å². The number of rotatable bonds is 10. The van der Waals surface area contributed by atoms with Gasteiger partial charge >= 0.3 is 0 Å². The van der Waals surface area contributed by atoms with Gasteiger partial charge in [-0.15, -0.1) is 0 Å². The maximum Gasteiger partial charge on any atom is 0.277 e. The Balaban J connectivity index is 2.31. The second-order valence-electron chi connectivity index (χ2n) is 5.81. The highest BCUT2D eigenvalue weighted by atomic mass is 16.6. The number of ether oxygens (including phenoxy) is 2. The van der Waals surface area contributed by atoms with Gasteiger partial charge in [0.15, 0.2) is 11.5 Å². The molecule has 0 aliphatic rings. The van der Waals surface area contributed by atoms with Gasteiger partial charge in [0.05, 0.1) is 25.2 Å². The lowest BCUT2D eigenvalue weighted by Crippen LogP contribution is -2.26. The van der Waals surface area contributed by atoms with Crippen LogP contribution in [0.5, 0.6) is 11.5 Å². The summed E-state index contributed by atoms with van der Waals surface area (Å²) < 4.78 is 10.5. The third kappa shape index (κ3) is 5.14. The third-order valence-electron chi connectivity index (χ3n) is 3.98. The Morgan fingerprint density at radius 2 is 1.96 bits per heavy atom. The number of benzene rings is 1. The van der Waals surface area contributed by atoms with E-state index < -0.39 is 4.92 Å². The predicted octanol–water partition coefficient (Wildman–Crippen LogP) is 2.36. The Kier molecular flexibility index (Phi) is 7.31. The monoisotopic (exact) mass is 360 g/mol. The Bertz CT molecular complexity index is 725. The maximum atomic E-state index is 11.5. The zero-order chi connectivity index (χ0) is 18.9. The fourth-order valence-corrected chi connectivity index (χ4v) is 2.73. The van der Waals surface area contributed by atoms with Crippen LogP contribution in [0.3, 0.4) is 0 Å². The van der Waals surface area contributed by atoms with Crippen LogP contribution in [0.15, 0.2) is 36.7 Å². The van der Waals surface area contributed by atoms with Crippen molar-refractivity contribution in [3.05, 3.63) is 57.9 Å². The lowest BCUT2D eigenvalue weighted by Gasteiger charge is -2.22. The van der Waals surface area contributed by atoms with E-state index in [4.69, 9.17) is 15.2 Å². The first-order chi connectivity index (χ1) is 12.6. The first-order valence-corrected chi connectivity index (χ1v) is 8.29. The summed E-state index contributed by atoms with van der Waals surface area (Å²) >= 11 is 0. The molecule has 2 aromatic rings. The van der Waals surface area contributed by atoms with E-state index >= 15 is 0 Å². The SMILES string of the molecule is COc1cc(CN(CCCN)Cc2cccnc2)c([N+](=O)[O-])cc1OC. The van der Waals surface area contributed by atoms with Gasteiger partial charge in [-0.1, -0.05) is 6.07 Å². The number of nitrogens with two attached hydrogens (primary N) is 1. The Labute approximate surface area is 152 Å². The number of aromatic nitrogens is 1. The maximum absolute atomic E-state index is 11.5. The standard InChI is InChI=1S/C18H24N4O4/c1-25-17-9-15(16(22(23)24)10-18(17)26-2)13-21(8-4-6-19)12-14-5-3-7-20-11-14/h3,5,7,9-11H,4,6,8,12-13,19H2,1-2H3. The van der Waals surface area contributed by atoms with Crippen molar-refractivity contribution in [3.63, 3.8) is 0 Å². The number of nitro groups is 1. The molecule has 0 fully saturated rings. The molecule has 1 aromatic heterocycles. The zero-order valence-corrected chi connectivity index (χ0v) is 15.1. The fraction of sp³-hybridized carbons (Fsp3) is 0.389. The molecule has 0 atom stereocenters. The van der Waals surface area contributed by atoms with Gasteiger partial charge < -0.3 is 15.2 Å². The van der Waals surface area contributed by atoms with E-state index in [2.05, 4.69) is 9.88 Å². The zero-order valence-electron chi connectivity index (χ0n) is 15.1. The van der Waals surface area contributed by atoms with Crippen LogP contribution in [0.25, 0.3) is 0 Å². The molecule has 0 aliphatic carbocycles. The van der Waals surface area contributed by atoms with E-state index in [9.17, 15) is 10.1 Å². The van der Waals surface area contributed by atoms with Gasteiger partial charge in [0.1, 0.15) is 0 Å². The molecule has 140 valence electrons. The quantitative estimate of drug-likeness (QED) is 0.512. The molecule has 0 saturated heterocycles. The van der Waals surface area contributed by atoms with E-state index in [-0.39, 0.29) is 5.69 Å². The van der Waals surface area contributed by atoms with Crippen LogP contribution < -0.4 is 15.2 Å². The lowest BCUT2D eigenvalue weighted by molar-refractivity contribution is -0.385. The Morgan fingerprint density at radius 1 is 1.23 bits per heavy atom. The third-order valence-corrected chi connectivity index (χ3v) is 3.98. The number of pyridine rings is 1. The summed E-state index contributed by atoms with van der Waals surface area (Å²) in [5.41, 5.74) is 7.25. The lowest BCUT2D eigenvalue weighted by atomic mass is 10.1. The molecular formula is C18H24N4O4. The molecule has 26 heavy (non-hydrogen) atoms. The van der Waals surface area contributed by atoms with Crippen molar-refractivity contribution >= 4 is 5.69 Å². The van der Waals surface area contributed by atoms with Crippen molar-refractivity contribution in [2.24, 2.45) is 5.73 Å². The average molecular weight is 360 g/mol. The minimum Gasteiger partial charge on any atom is -0.493 e. The van der Waals surface area contributed by atoms with Crippen molar-refractivity contribution in [1.29, 1.82) is 0 Å². The van der Waals surface area contributed by atoms with Crippen molar-refractivity contribution in [2.45, 2.75) is 19.5 Å². The molecule has 1 aromatic carbocycles. The molecule has 2 N–H and O–H groups in total. The molecule has 0 spiro atoms. The van der Waals surface area contributed by atoms with Crippen LogP contribution in [-0.2, 0) is 13.1 Å². The minimum atomic E-state index is -0.400. The number of hydrogen-bond donors (Lipinski definition) is 1. The Morgan fingerprint density at radius 3 is 2.54 bits per heavy atom. The molecule has 8 nitrogen and oxygen atoms in total. The predicted molar refractivity (Wildman–Crippen MR) is 98.2 cm³/mol. The molecular weight excluding hydrogens is 336 g/mol. The highest BCUT2D eigenvalue weighted by Crippen LogP contribution is 2.35. The molecule has 0 saturated carbocycles. The van der Waals surface area contributed by atoms with Gasteiger partial charge in [-0.05, 0) is 30.7 Å². The number of nitrogens with zero attached hydrogens (tertiary/aromatic N) is 3. The van der Waals surface area contributed by atoms with E-state index in [1.165, 1.54) is 20.3 Å². The summed E-state index contributed by atoms with van der Waals surface area (Å²) in [6.07, 6.45) is 4.30. The summed E-state index contributed by atoms with van der Waals surface area (Å²) in [7, 11) is 2.96. The van der Waals surface area contributed by atoms with Gasteiger partial charge in [-0.2, -0.15) is 0 Å². The minimum absolute atomic E-state index is 0.00610. The number of nitro benzene ring substituents is 1. The normalized spacial score (nSPS) is 10.8. The topological polar surface area (TPSA) is 104 Å². The van der Waals surface area contributed by atoms with Crippen molar-refractivity contribution in [3.8, 4) is 11.5 Å². The number of hydrogen-bond acceptors (Lipinski definition) is 7. The highest BCUT2D eigenvalue weighted by Gasteiger charge is 2.21. The van der Waals surface area contributed by atoms with Gasteiger partial charge in [-0.25, -0.2) is 0 Å². The van der Waals surface area contributed by atoms with Gasteiger partial charge in [0.25, 0.3) is 5.69 Å². The van der Waals surface area contributed by atoms with Crippen LogP contribution in [0.2, 0.25) is 0 Å². The van der Waals surface area contributed by atoms with E-state index in [0.29, 0.717) is 36.7 Å². The second kappa shape index (κ2) is 9.69. The van der Waals surface area contributed by atoms with E-state index in [0.717, 1.165) is 18.5 Å². The summed E-state index contributed by atoms with van der Waals surface area (Å²) in [6.45, 7) is 2.29. The molecule has 0 unspecified atom stereocenters. The van der Waals surface area contributed by atoms with Crippen LogP contribution >= 0.6 is 0 Å². The molecule has 8 heteroatoms. The molecule has 1 heterocycles.